The van der Waals surface area contributed by atoms with Gasteiger partial charge in [-0.05, 0) is 42.8 Å². The Morgan fingerprint density at radius 1 is 1.17 bits per heavy atom. The van der Waals surface area contributed by atoms with Crippen LogP contribution in [0.1, 0.15) is 34.3 Å². The van der Waals surface area contributed by atoms with Crippen molar-refractivity contribution >= 4 is 17.1 Å². The summed E-state index contributed by atoms with van der Waals surface area (Å²) < 4.78 is 43.5. The number of pyridine rings is 1. The molecule has 1 aliphatic rings. The third kappa shape index (κ3) is 3.99. The van der Waals surface area contributed by atoms with Crippen LogP contribution in [0, 0.1) is 0 Å². The van der Waals surface area contributed by atoms with Gasteiger partial charge < -0.3 is 9.67 Å². The zero-order valence-electron chi connectivity index (χ0n) is 18.6. The molecule has 1 aromatic carbocycles. The molecule has 5 rings (SSSR count). The maximum absolute atomic E-state index is 13.5. The van der Waals surface area contributed by atoms with E-state index in [4.69, 9.17) is 0 Å². The highest BCUT2D eigenvalue weighted by Gasteiger charge is 2.32. The lowest BCUT2D eigenvalue weighted by Gasteiger charge is -2.16. The van der Waals surface area contributed by atoms with Crippen molar-refractivity contribution < 1.29 is 23.1 Å². The van der Waals surface area contributed by atoms with Gasteiger partial charge in [0, 0.05) is 26.3 Å². The van der Waals surface area contributed by atoms with Crippen molar-refractivity contribution in [1.29, 1.82) is 0 Å². The molecule has 4 heterocycles. The number of benzene rings is 1. The monoisotopic (exact) mass is 486 g/mol. The number of aromatic carboxylic acids is 1. The minimum Gasteiger partial charge on any atom is -0.477 e. The number of aromatic nitrogens is 5. The number of alkyl halides is 3. The Balaban J connectivity index is 1.46. The molecule has 0 amide bonds. The molecule has 0 unspecified atom stereocenters. The second-order valence-electron chi connectivity index (χ2n) is 8.48. The fourth-order valence-corrected chi connectivity index (χ4v) is 4.59. The molecule has 9 nitrogen and oxygen atoms in total. The average molecular weight is 486 g/mol. The number of hydrogen-bond acceptors (Lipinski definition) is 5. The van der Waals surface area contributed by atoms with Crippen LogP contribution in [0.3, 0.4) is 0 Å². The maximum atomic E-state index is 13.5. The highest BCUT2D eigenvalue weighted by atomic mass is 19.4. The largest absolute Gasteiger partial charge is 0.477 e. The van der Waals surface area contributed by atoms with E-state index in [1.165, 1.54) is 27.5 Å². The zero-order valence-corrected chi connectivity index (χ0v) is 18.6. The number of fused-ring (bicyclic) bond motifs is 1. The Morgan fingerprint density at radius 3 is 2.57 bits per heavy atom. The lowest BCUT2D eigenvalue weighted by Crippen LogP contribution is -2.29. The number of nitrogens with zero attached hydrogens (tertiary/aromatic N) is 6. The van der Waals surface area contributed by atoms with E-state index in [0.717, 1.165) is 12.1 Å². The average Bonchev–Trinajstić information content (AvgIpc) is 3.49. The summed E-state index contributed by atoms with van der Waals surface area (Å²) in [6.45, 7) is 1.59. The first-order valence-corrected chi connectivity index (χ1v) is 10.9. The highest BCUT2D eigenvalue weighted by molar-refractivity contribution is 5.85. The van der Waals surface area contributed by atoms with Crippen LogP contribution in [0.2, 0.25) is 0 Å². The Kier molecular flexibility index (Phi) is 5.47. The van der Waals surface area contributed by atoms with E-state index in [-0.39, 0.29) is 17.4 Å². The first-order chi connectivity index (χ1) is 16.6. The smallest absolute Gasteiger partial charge is 0.416 e. The standard InChI is InChI=1S/C23H21F3N6O3/c1-29-18(21(33)34)11-28-19(29)13-30-10-8-16(12-30)32-20-17(3-2-9-27-20)31(22(32)35)15-6-4-14(5-7-15)23(24,25)26/h2-7,9,11,16H,8,10,12-13H2,1H3,(H,33,34)/t16-/m0/s1. The number of likely N-dealkylation sites (tertiary alicyclic amines) is 1. The van der Waals surface area contributed by atoms with Crippen LogP contribution in [0.4, 0.5) is 13.2 Å². The molecule has 1 aliphatic heterocycles. The molecule has 4 aromatic rings. The Bertz CT molecular complexity index is 1470. The molecule has 0 saturated carbocycles. The topological polar surface area (TPSA) is 98.2 Å². The lowest BCUT2D eigenvalue weighted by atomic mass is 10.2. The number of halogens is 3. The van der Waals surface area contributed by atoms with E-state index in [0.29, 0.717) is 48.7 Å². The zero-order chi connectivity index (χ0) is 24.9. The second-order valence-corrected chi connectivity index (χ2v) is 8.48. The van der Waals surface area contributed by atoms with Crippen LogP contribution in [0.15, 0.2) is 53.6 Å². The maximum Gasteiger partial charge on any atom is 0.416 e. The summed E-state index contributed by atoms with van der Waals surface area (Å²) in [7, 11) is 1.64. The van der Waals surface area contributed by atoms with Gasteiger partial charge in [0.15, 0.2) is 5.65 Å². The number of carboxylic acid groups (broad SMARTS) is 1. The molecule has 0 spiro atoms. The molecular weight excluding hydrogens is 465 g/mol. The third-order valence-electron chi connectivity index (χ3n) is 6.37. The third-order valence-corrected chi connectivity index (χ3v) is 6.37. The summed E-state index contributed by atoms with van der Waals surface area (Å²) in [6, 6.07) is 7.65. The van der Waals surface area contributed by atoms with Gasteiger partial charge in [-0.1, -0.05) is 0 Å². The van der Waals surface area contributed by atoms with Gasteiger partial charge in [0.2, 0.25) is 0 Å². The first-order valence-electron chi connectivity index (χ1n) is 10.9. The molecule has 1 saturated heterocycles. The molecule has 35 heavy (non-hydrogen) atoms. The van der Waals surface area contributed by atoms with E-state index in [1.54, 1.807) is 29.9 Å². The molecule has 0 aliphatic carbocycles. The SMILES string of the molecule is Cn1c(C(=O)O)cnc1CN1CC[C@H](n2c(=O)n(-c3ccc(C(F)(F)F)cc3)c3cccnc32)C1. The van der Waals surface area contributed by atoms with Crippen LogP contribution in [0.5, 0.6) is 0 Å². The Hall–Kier alpha value is -3.93. The van der Waals surface area contributed by atoms with Gasteiger partial charge in [-0.2, -0.15) is 13.2 Å². The number of carboxylic acids is 1. The summed E-state index contributed by atoms with van der Waals surface area (Å²) in [6.07, 6.45) is -0.926. The van der Waals surface area contributed by atoms with Gasteiger partial charge in [0.05, 0.1) is 35.6 Å². The normalized spacial score (nSPS) is 16.9. The molecule has 1 N–H and O–H groups in total. The van der Waals surface area contributed by atoms with Crippen molar-refractivity contribution in [3.05, 3.63) is 76.4 Å². The first kappa shape index (κ1) is 22.8. The van der Waals surface area contributed by atoms with Crippen molar-refractivity contribution in [3.63, 3.8) is 0 Å². The van der Waals surface area contributed by atoms with Crippen LogP contribution in [-0.2, 0) is 19.8 Å². The molecule has 12 heteroatoms. The van der Waals surface area contributed by atoms with Crippen LogP contribution < -0.4 is 5.69 Å². The van der Waals surface area contributed by atoms with Crippen LogP contribution in [-0.4, -0.2) is 52.7 Å². The number of hydrogen-bond donors (Lipinski definition) is 1. The fourth-order valence-electron chi connectivity index (χ4n) is 4.59. The summed E-state index contributed by atoms with van der Waals surface area (Å²) >= 11 is 0. The Labute approximate surface area is 196 Å². The van der Waals surface area contributed by atoms with Gasteiger partial charge >= 0.3 is 17.8 Å². The summed E-state index contributed by atoms with van der Waals surface area (Å²) in [5, 5.41) is 9.24. The van der Waals surface area contributed by atoms with E-state index in [1.807, 2.05) is 0 Å². The molecule has 182 valence electrons. The van der Waals surface area contributed by atoms with Crippen molar-refractivity contribution in [2.75, 3.05) is 13.1 Å². The predicted molar refractivity (Wildman–Crippen MR) is 119 cm³/mol. The van der Waals surface area contributed by atoms with E-state index in [2.05, 4.69) is 14.9 Å². The van der Waals surface area contributed by atoms with Gasteiger partial charge in [0.1, 0.15) is 11.5 Å². The van der Waals surface area contributed by atoms with E-state index >= 15 is 0 Å². The fraction of sp³-hybridized carbons (Fsp3) is 0.304. The van der Waals surface area contributed by atoms with E-state index < -0.39 is 17.7 Å². The number of rotatable bonds is 5. The lowest BCUT2D eigenvalue weighted by molar-refractivity contribution is -0.137. The second kappa shape index (κ2) is 8.38. The molecule has 1 atom stereocenters. The minimum atomic E-state index is -4.47. The quantitative estimate of drug-likeness (QED) is 0.466. The van der Waals surface area contributed by atoms with E-state index in [9.17, 15) is 27.9 Å². The van der Waals surface area contributed by atoms with Gasteiger partial charge in [-0.15, -0.1) is 0 Å². The summed E-state index contributed by atoms with van der Waals surface area (Å²) in [5.41, 5.74) is 0.207. The minimum absolute atomic E-state index is 0.0933. The number of imidazole rings is 2. The van der Waals surface area contributed by atoms with Gasteiger partial charge in [0.25, 0.3) is 0 Å². The van der Waals surface area contributed by atoms with Gasteiger partial charge in [-0.25, -0.2) is 19.6 Å². The summed E-state index contributed by atoms with van der Waals surface area (Å²) in [4.78, 5) is 35.5. The van der Waals surface area contributed by atoms with Crippen molar-refractivity contribution in [3.8, 4) is 5.69 Å². The van der Waals surface area contributed by atoms with Crippen LogP contribution >= 0.6 is 0 Å². The number of carbonyl (C=O) groups is 1. The van der Waals surface area contributed by atoms with Gasteiger partial charge in [-0.3, -0.25) is 14.0 Å². The molecule has 3 aromatic heterocycles. The van der Waals surface area contributed by atoms with Crippen molar-refractivity contribution in [1.82, 2.24) is 28.6 Å². The molecule has 0 radical (unpaired) electrons. The molecule has 0 bridgehead atoms. The summed E-state index contributed by atoms with van der Waals surface area (Å²) in [5.74, 6) is -0.458. The van der Waals surface area contributed by atoms with Crippen molar-refractivity contribution in [2.24, 2.45) is 7.05 Å². The highest BCUT2D eigenvalue weighted by Crippen LogP contribution is 2.30. The van der Waals surface area contributed by atoms with Crippen molar-refractivity contribution in [2.45, 2.75) is 25.2 Å². The van der Waals surface area contributed by atoms with Crippen LogP contribution in [0.25, 0.3) is 16.9 Å². The molecule has 1 fully saturated rings. The predicted octanol–water partition coefficient (Wildman–Crippen LogP) is 3.08. The Morgan fingerprint density at radius 2 is 1.91 bits per heavy atom. The molecular formula is C23H21F3N6O3.